The summed E-state index contributed by atoms with van der Waals surface area (Å²) in [6.45, 7) is 8.51. The van der Waals surface area contributed by atoms with Crippen LogP contribution in [0.3, 0.4) is 0 Å². The number of thioether (sulfide) groups is 3. The Morgan fingerprint density at radius 3 is 1.39 bits per heavy atom. The average Bonchev–Trinajstić information content (AvgIpc) is 3.08. The zero-order valence-electron chi connectivity index (χ0n) is 30.2. The summed E-state index contributed by atoms with van der Waals surface area (Å²) in [7, 11) is 0. The molecule has 51 heavy (non-hydrogen) atoms. The summed E-state index contributed by atoms with van der Waals surface area (Å²) in [6, 6.07) is 14.0. The van der Waals surface area contributed by atoms with Gasteiger partial charge in [0, 0.05) is 64.0 Å². The number of hydrogen-bond acceptors (Lipinski definition) is 11. The van der Waals surface area contributed by atoms with Crippen LogP contribution in [0.1, 0.15) is 70.9 Å². The molecule has 1 aliphatic rings. The van der Waals surface area contributed by atoms with Crippen molar-refractivity contribution in [3.05, 3.63) is 59.7 Å². The van der Waals surface area contributed by atoms with Crippen molar-refractivity contribution in [2.75, 3.05) is 43.6 Å². The van der Waals surface area contributed by atoms with Crippen molar-refractivity contribution in [2.45, 2.75) is 90.0 Å². The highest BCUT2D eigenvalue weighted by Crippen LogP contribution is 2.27. The second-order valence-electron chi connectivity index (χ2n) is 12.6. The molecule has 13 heteroatoms. The zero-order chi connectivity index (χ0) is 37.2. The third-order valence-electron chi connectivity index (χ3n) is 8.19. The molecule has 0 aromatic heterocycles. The van der Waals surface area contributed by atoms with Gasteiger partial charge in [-0.25, -0.2) is 0 Å². The predicted molar refractivity (Wildman–Crippen MR) is 213 cm³/mol. The highest BCUT2D eigenvalue weighted by molar-refractivity contribution is 8.14. The fraction of sp³-hybridized carbons (Fsp3) is 0.553. The first kappa shape index (κ1) is 42.8. The van der Waals surface area contributed by atoms with Crippen LogP contribution in [0.25, 0.3) is 0 Å². The third-order valence-corrected chi connectivity index (χ3v) is 11.1. The number of benzene rings is 2. The molecule has 0 aliphatic carbocycles. The molecule has 1 saturated heterocycles. The Labute approximate surface area is 321 Å². The average molecular weight is 777 g/mol. The fourth-order valence-corrected chi connectivity index (χ4v) is 7.55. The van der Waals surface area contributed by atoms with Crippen molar-refractivity contribution in [3.63, 3.8) is 0 Å². The van der Waals surface area contributed by atoms with Gasteiger partial charge in [-0.15, -0.1) is 0 Å². The summed E-state index contributed by atoms with van der Waals surface area (Å²) in [6.07, 6.45) is 4.39. The maximum absolute atomic E-state index is 14.4. The van der Waals surface area contributed by atoms with Crippen molar-refractivity contribution in [1.82, 2.24) is 9.80 Å². The molecule has 0 N–H and O–H groups in total. The van der Waals surface area contributed by atoms with Gasteiger partial charge in [0.25, 0.3) is 0 Å². The van der Waals surface area contributed by atoms with Crippen LogP contribution in [-0.2, 0) is 36.8 Å². The summed E-state index contributed by atoms with van der Waals surface area (Å²) in [5.41, 5.74) is 1.84. The Morgan fingerprint density at radius 1 is 0.647 bits per heavy atom. The van der Waals surface area contributed by atoms with Gasteiger partial charge in [0.05, 0.1) is 13.2 Å². The fourth-order valence-electron chi connectivity index (χ4n) is 5.71. The minimum absolute atomic E-state index is 0.0253. The number of hydrogen-bond donors (Lipinski definition) is 1. The smallest absolute Gasteiger partial charge is 0.246 e. The lowest BCUT2D eigenvalue weighted by Gasteiger charge is -2.45. The maximum Gasteiger partial charge on any atom is 0.246 e. The van der Waals surface area contributed by atoms with Crippen LogP contribution in [0.4, 0.5) is 0 Å². The molecule has 280 valence electrons. The van der Waals surface area contributed by atoms with E-state index in [4.69, 9.17) is 9.47 Å². The summed E-state index contributed by atoms with van der Waals surface area (Å²) >= 11 is 8.35. The molecule has 1 heterocycles. The van der Waals surface area contributed by atoms with Gasteiger partial charge in [-0.1, -0.05) is 66.5 Å². The van der Waals surface area contributed by atoms with Crippen LogP contribution in [-0.4, -0.2) is 97.9 Å². The lowest BCUT2D eigenvalue weighted by Crippen LogP contribution is -2.66. The molecule has 2 aromatic rings. The molecule has 3 rings (SSSR count). The first-order valence-electron chi connectivity index (χ1n) is 17.6. The van der Waals surface area contributed by atoms with Gasteiger partial charge in [0.1, 0.15) is 23.6 Å². The van der Waals surface area contributed by atoms with E-state index in [2.05, 4.69) is 12.6 Å². The minimum atomic E-state index is -0.670. The Balaban J connectivity index is 1.78. The van der Waals surface area contributed by atoms with E-state index >= 15 is 0 Å². The normalized spacial score (nSPS) is 16.6. The SMILES string of the molecule is CC(=O)SCCCOc1ccc(C[C@H]2C(=O)N(CCCC(C)S)[C@@H](Cc3ccc(OCCCSC(C)=O)cc3)C(=O)N2CCCSC(C)=O)cc1. The Kier molecular flexibility index (Phi) is 19.4. The standard InChI is InChI=1S/C38H52N2O7S4/c1-27(48)9-5-18-39-35(25-31-10-14-33(15-11-31)46-20-7-23-50-29(3)42)38(45)40(19-6-22-49-28(2)41)36(37(39)44)26-32-12-16-34(17-13-32)47-21-8-24-51-30(4)43/h10-17,27,35-36,48H,5-9,18-26H2,1-4H3/t27?,35-,36-/m0/s1. The van der Waals surface area contributed by atoms with E-state index in [0.29, 0.717) is 74.3 Å². The second kappa shape index (κ2) is 23.1. The Bertz CT molecular complexity index is 1420. The number of thiol groups is 1. The summed E-state index contributed by atoms with van der Waals surface area (Å²) in [4.78, 5) is 66.3. The van der Waals surface area contributed by atoms with Crippen molar-refractivity contribution >= 4 is 75.1 Å². The van der Waals surface area contributed by atoms with Crippen LogP contribution in [0.5, 0.6) is 11.5 Å². The van der Waals surface area contributed by atoms with E-state index in [1.54, 1.807) is 23.6 Å². The molecule has 1 aliphatic heterocycles. The molecule has 1 fully saturated rings. The Morgan fingerprint density at radius 2 is 1.02 bits per heavy atom. The van der Waals surface area contributed by atoms with Crippen LogP contribution in [0.15, 0.2) is 48.5 Å². The number of rotatable bonds is 22. The minimum Gasteiger partial charge on any atom is -0.494 e. The van der Waals surface area contributed by atoms with Gasteiger partial charge < -0.3 is 19.3 Å². The number of carbonyl (C=O) groups excluding carboxylic acids is 5. The Hall–Kier alpha value is -2.61. The van der Waals surface area contributed by atoms with Crippen molar-refractivity contribution in [3.8, 4) is 11.5 Å². The van der Waals surface area contributed by atoms with Gasteiger partial charge in [-0.2, -0.15) is 12.6 Å². The quantitative estimate of drug-likeness (QED) is 0.102. The van der Waals surface area contributed by atoms with Gasteiger partial charge in [-0.3, -0.25) is 24.0 Å². The summed E-state index contributed by atoms with van der Waals surface area (Å²) in [5, 5.41) is 0.388. The lowest BCUT2D eigenvalue weighted by molar-refractivity contribution is -0.161. The van der Waals surface area contributed by atoms with E-state index in [1.807, 2.05) is 55.5 Å². The van der Waals surface area contributed by atoms with Crippen LogP contribution >= 0.6 is 47.9 Å². The lowest BCUT2D eigenvalue weighted by atomic mass is 9.93. The molecular formula is C38H52N2O7S4. The molecule has 2 aromatic carbocycles. The molecule has 2 amide bonds. The van der Waals surface area contributed by atoms with Gasteiger partial charge in [0.2, 0.25) is 11.8 Å². The number of piperazine rings is 1. The number of ether oxygens (including phenoxy) is 2. The molecule has 1 unspecified atom stereocenters. The monoisotopic (exact) mass is 776 g/mol. The van der Waals surface area contributed by atoms with Gasteiger partial charge in [-0.05, 0) is 72.7 Å². The van der Waals surface area contributed by atoms with Crippen molar-refractivity contribution in [2.24, 2.45) is 0 Å². The molecule has 0 spiro atoms. The topological polar surface area (TPSA) is 110 Å². The van der Waals surface area contributed by atoms with Crippen LogP contribution in [0.2, 0.25) is 0 Å². The number of carbonyl (C=O) groups is 5. The zero-order valence-corrected chi connectivity index (χ0v) is 33.5. The number of amides is 2. The van der Waals surface area contributed by atoms with Crippen LogP contribution < -0.4 is 9.47 Å². The molecule has 9 nitrogen and oxygen atoms in total. The highest BCUT2D eigenvalue weighted by Gasteiger charge is 2.45. The van der Waals surface area contributed by atoms with Gasteiger partial charge in [0.15, 0.2) is 15.3 Å². The maximum atomic E-state index is 14.4. The molecule has 3 atom stereocenters. The third kappa shape index (κ3) is 15.9. The molecule has 0 saturated carbocycles. The predicted octanol–water partition coefficient (Wildman–Crippen LogP) is 6.75. The van der Waals surface area contributed by atoms with E-state index < -0.39 is 12.1 Å². The van der Waals surface area contributed by atoms with Gasteiger partial charge >= 0.3 is 0 Å². The van der Waals surface area contributed by atoms with Crippen molar-refractivity contribution < 1.29 is 33.4 Å². The van der Waals surface area contributed by atoms with E-state index in [0.717, 1.165) is 36.8 Å². The van der Waals surface area contributed by atoms with E-state index in [9.17, 15) is 24.0 Å². The van der Waals surface area contributed by atoms with E-state index in [1.165, 1.54) is 42.2 Å². The highest BCUT2D eigenvalue weighted by atomic mass is 32.2. The first-order chi connectivity index (χ1) is 24.4. The van der Waals surface area contributed by atoms with E-state index in [-0.39, 0.29) is 32.4 Å². The van der Waals surface area contributed by atoms with Crippen LogP contribution in [0, 0.1) is 0 Å². The largest absolute Gasteiger partial charge is 0.494 e. The van der Waals surface area contributed by atoms with Crippen molar-refractivity contribution in [1.29, 1.82) is 0 Å². The number of nitrogens with zero attached hydrogens (tertiary/aromatic N) is 2. The molecule has 0 bridgehead atoms. The second-order valence-corrected chi connectivity index (χ2v) is 17.3. The first-order valence-corrected chi connectivity index (χ1v) is 21.0. The summed E-state index contributed by atoms with van der Waals surface area (Å²) in [5.74, 6) is 3.25. The molecule has 0 radical (unpaired) electrons. The summed E-state index contributed by atoms with van der Waals surface area (Å²) < 4.78 is 11.7. The molecular weight excluding hydrogens is 725 g/mol.